The van der Waals surface area contributed by atoms with Crippen LogP contribution in [0.5, 0.6) is 0 Å². The Morgan fingerprint density at radius 3 is 2.56 bits per heavy atom. The number of rotatable bonds is 4. The SMILES string of the molecule is O=C1C[C@H](CCCc2ccccc2)C(=O)O1. The normalized spacial score (nSPS) is 19.9. The molecule has 1 saturated heterocycles. The molecule has 0 unspecified atom stereocenters. The van der Waals surface area contributed by atoms with E-state index >= 15 is 0 Å². The van der Waals surface area contributed by atoms with Gasteiger partial charge in [0.15, 0.2) is 0 Å². The Balaban J connectivity index is 1.76. The van der Waals surface area contributed by atoms with Crippen molar-refractivity contribution in [2.45, 2.75) is 25.7 Å². The van der Waals surface area contributed by atoms with Crippen molar-refractivity contribution in [3.8, 4) is 0 Å². The fraction of sp³-hybridized carbons (Fsp3) is 0.385. The zero-order chi connectivity index (χ0) is 11.4. The lowest BCUT2D eigenvalue weighted by Crippen LogP contribution is -2.07. The van der Waals surface area contributed by atoms with Crippen molar-refractivity contribution >= 4 is 11.9 Å². The maximum atomic E-state index is 11.2. The fourth-order valence-electron chi connectivity index (χ4n) is 1.94. The summed E-state index contributed by atoms with van der Waals surface area (Å²) in [6.07, 6.45) is 2.85. The van der Waals surface area contributed by atoms with Gasteiger partial charge in [-0.15, -0.1) is 0 Å². The molecule has 1 fully saturated rings. The van der Waals surface area contributed by atoms with Gasteiger partial charge in [-0.3, -0.25) is 9.59 Å². The predicted molar refractivity (Wildman–Crippen MR) is 58.6 cm³/mol. The van der Waals surface area contributed by atoms with E-state index in [1.165, 1.54) is 5.56 Å². The third-order valence-corrected chi connectivity index (χ3v) is 2.82. The molecule has 3 nitrogen and oxygen atoms in total. The molecule has 0 radical (unpaired) electrons. The van der Waals surface area contributed by atoms with Crippen LogP contribution in [-0.2, 0) is 20.7 Å². The summed E-state index contributed by atoms with van der Waals surface area (Å²) in [5.41, 5.74) is 1.26. The van der Waals surface area contributed by atoms with Crippen LogP contribution in [-0.4, -0.2) is 11.9 Å². The first-order valence-corrected chi connectivity index (χ1v) is 5.54. The van der Waals surface area contributed by atoms with Crippen LogP contribution >= 0.6 is 0 Å². The van der Waals surface area contributed by atoms with Gasteiger partial charge < -0.3 is 4.74 Å². The van der Waals surface area contributed by atoms with Gasteiger partial charge in [-0.05, 0) is 24.8 Å². The molecule has 84 valence electrons. The molecule has 0 aliphatic carbocycles. The van der Waals surface area contributed by atoms with Crippen LogP contribution in [0.15, 0.2) is 30.3 Å². The molecule has 0 saturated carbocycles. The van der Waals surface area contributed by atoms with Crippen LogP contribution in [0.2, 0.25) is 0 Å². The lowest BCUT2D eigenvalue weighted by Gasteiger charge is -2.04. The van der Waals surface area contributed by atoms with Crippen molar-refractivity contribution in [1.82, 2.24) is 0 Å². The molecule has 0 spiro atoms. The number of cyclic esters (lactones) is 2. The second kappa shape index (κ2) is 4.92. The van der Waals surface area contributed by atoms with E-state index in [4.69, 9.17) is 0 Å². The van der Waals surface area contributed by atoms with E-state index in [1.807, 2.05) is 18.2 Å². The van der Waals surface area contributed by atoms with Gasteiger partial charge in [0.2, 0.25) is 0 Å². The number of ether oxygens (including phenoxy) is 1. The third-order valence-electron chi connectivity index (χ3n) is 2.82. The maximum absolute atomic E-state index is 11.2. The Bertz CT molecular complexity index is 383. The minimum atomic E-state index is -0.380. The first kappa shape index (κ1) is 10.9. The number of hydrogen-bond donors (Lipinski definition) is 0. The second-order valence-corrected chi connectivity index (χ2v) is 4.07. The monoisotopic (exact) mass is 218 g/mol. The molecule has 1 aliphatic heterocycles. The van der Waals surface area contributed by atoms with E-state index in [1.54, 1.807) is 0 Å². The van der Waals surface area contributed by atoms with Crippen molar-refractivity contribution in [3.63, 3.8) is 0 Å². The largest absolute Gasteiger partial charge is 0.393 e. The van der Waals surface area contributed by atoms with Crippen LogP contribution in [0.1, 0.15) is 24.8 Å². The number of hydrogen-bond acceptors (Lipinski definition) is 3. The van der Waals surface area contributed by atoms with Crippen LogP contribution in [0.3, 0.4) is 0 Å². The fourth-order valence-corrected chi connectivity index (χ4v) is 1.94. The van der Waals surface area contributed by atoms with Crippen molar-refractivity contribution in [3.05, 3.63) is 35.9 Å². The Hall–Kier alpha value is -1.64. The molecule has 0 aromatic heterocycles. The van der Waals surface area contributed by atoms with Gasteiger partial charge in [-0.2, -0.15) is 0 Å². The van der Waals surface area contributed by atoms with E-state index in [0.717, 1.165) is 19.3 Å². The maximum Gasteiger partial charge on any atom is 0.317 e. The average molecular weight is 218 g/mol. The topological polar surface area (TPSA) is 43.4 Å². The minimum Gasteiger partial charge on any atom is -0.393 e. The number of esters is 2. The Morgan fingerprint density at radius 1 is 1.19 bits per heavy atom. The van der Waals surface area contributed by atoms with Gasteiger partial charge in [-0.25, -0.2) is 0 Å². The highest BCUT2D eigenvalue weighted by atomic mass is 16.6. The standard InChI is InChI=1S/C13H14O3/c14-12-9-11(13(15)16-12)8-4-7-10-5-2-1-3-6-10/h1-3,5-6,11H,4,7-9H2/t11-/m0/s1. The molecule has 16 heavy (non-hydrogen) atoms. The first-order chi connectivity index (χ1) is 7.75. The van der Waals surface area contributed by atoms with Crippen LogP contribution in [0.25, 0.3) is 0 Å². The summed E-state index contributed by atoms with van der Waals surface area (Å²) in [4.78, 5) is 22.0. The summed E-state index contributed by atoms with van der Waals surface area (Å²) in [5.74, 6) is -0.941. The van der Waals surface area contributed by atoms with Gasteiger partial charge in [0.05, 0.1) is 12.3 Å². The summed E-state index contributed by atoms with van der Waals surface area (Å²) in [6, 6.07) is 10.1. The Kier molecular flexibility index (Phi) is 3.34. The van der Waals surface area contributed by atoms with E-state index in [2.05, 4.69) is 16.9 Å². The van der Waals surface area contributed by atoms with Gasteiger partial charge >= 0.3 is 11.9 Å². The van der Waals surface area contributed by atoms with Crippen molar-refractivity contribution < 1.29 is 14.3 Å². The van der Waals surface area contributed by atoms with Crippen LogP contribution in [0.4, 0.5) is 0 Å². The number of benzene rings is 1. The van der Waals surface area contributed by atoms with E-state index in [9.17, 15) is 9.59 Å². The van der Waals surface area contributed by atoms with Crippen molar-refractivity contribution in [2.24, 2.45) is 5.92 Å². The molecular weight excluding hydrogens is 204 g/mol. The van der Waals surface area contributed by atoms with Crippen molar-refractivity contribution in [1.29, 1.82) is 0 Å². The van der Waals surface area contributed by atoms with Crippen LogP contribution < -0.4 is 0 Å². The highest BCUT2D eigenvalue weighted by Crippen LogP contribution is 2.21. The van der Waals surface area contributed by atoms with E-state index < -0.39 is 0 Å². The van der Waals surface area contributed by atoms with Gasteiger partial charge in [0.1, 0.15) is 0 Å². The summed E-state index contributed by atoms with van der Waals surface area (Å²) >= 11 is 0. The van der Waals surface area contributed by atoms with Crippen LogP contribution in [0, 0.1) is 5.92 Å². The van der Waals surface area contributed by atoms with E-state index in [-0.39, 0.29) is 24.3 Å². The van der Waals surface area contributed by atoms with Gasteiger partial charge in [-0.1, -0.05) is 30.3 Å². The summed E-state index contributed by atoms with van der Waals surface area (Å²) in [7, 11) is 0. The molecular formula is C13H14O3. The number of carbonyl (C=O) groups is 2. The second-order valence-electron chi connectivity index (χ2n) is 4.07. The molecule has 2 rings (SSSR count). The van der Waals surface area contributed by atoms with Crippen molar-refractivity contribution in [2.75, 3.05) is 0 Å². The zero-order valence-corrected chi connectivity index (χ0v) is 9.02. The number of carbonyl (C=O) groups excluding carboxylic acids is 2. The molecule has 1 aromatic rings. The molecule has 0 amide bonds. The number of aryl methyl sites for hydroxylation is 1. The highest BCUT2D eigenvalue weighted by Gasteiger charge is 2.32. The first-order valence-electron chi connectivity index (χ1n) is 5.54. The molecule has 1 aliphatic rings. The Morgan fingerprint density at radius 2 is 1.94 bits per heavy atom. The summed E-state index contributed by atoms with van der Waals surface area (Å²) < 4.78 is 4.50. The minimum absolute atomic E-state index is 0.212. The van der Waals surface area contributed by atoms with Gasteiger partial charge in [0.25, 0.3) is 0 Å². The predicted octanol–water partition coefficient (Wildman–Crippen LogP) is 2.10. The zero-order valence-electron chi connectivity index (χ0n) is 9.02. The summed E-state index contributed by atoms with van der Waals surface area (Å²) in [5, 5.41) is 0. The quantitative estimate of drug-likeness (QED) is 0.574. The lowest BCUT2D eigenvalue weighted by atomic mass is 9.98. The summed E-state index contributed by atoms with van der Waals surface area (Å²) in [6.45, 7) is 0. The molecule has 1 aromatic carbocycles. The van der Waals surface area contributed by atoms with Gasteiger partial charge in [0, 0.05) is 0 Å². The molecule has 0 N–H and O–H groups in total. The average Bonchev–Trinajstić information content (AvgIpc) is 2.59. The third kappa shape index (κ3) is 2.69. The molecule has 3 heteroatoms. The smallest absolute Gasteiger partial charge is 0.317 e. The lowest BCUT2D eigenvalue weighted by molar-refractivity contribution is -0.153. The highest BCUT2D eigenvalue weighted by molar-refractivity contribution is 5.94. The van der Waals surface area contributed by atoms with E-state index in [0.29, 0.717) is 0 Å². The molecule has 0 bridgehead atoms. The Labute approximate surface area is 94.4 Å². The molecule has 1 atom stereocenters. The molecule has 1 heterocycles.